The number of benzodiazepines with no additional fused rings is 1. The van der Waals surface area contributed by atoms with E-state index < -0.39 is 29.4 Å². The number of pyridine rings is 1. The van der Waals surface area contributed by atoms with Gasteiger partial charge in [-0.1, -0.05) is 53.6 Å². The van der Waals surface area contributed by atoms with Crippen LogP contribution in [0.2, 0.25) is 0 Å². The van der Waals surface area contributed by atoms with Gasteiger partial charge in [-0.05, 0) is 25.5 Å². The number of anilines is 3. The van der Waals surface area contributed by atoms with E-state index in [-0.39, 0.29) is 23.3 Å². The number of rotatable bonds is 6. The molecule has 2 aliphatic rings. The van der Waals surface area contributed by atoms with Gasteiger partial charge < -0.3 is 25.1 Å². The fraction of sp³-hybridized carbons (Fsp3) is 0.250. The van der Waals surface area contributed by atoms with Crippen LogP contribution in [0.15, 0.2) is 76.3 Å². The van der Waals surface area contributed by atoms with E-state index in [1.54, 1.807) is 12.1 Å². The first kappa shape index (κ1) is 26.4. The molecule has 2 atom stereocenters. The average molecular weight is 564 g/mol. The van der Waals surface area contributed by atoms with E-state index in [0.717, 1.165) is 17.2 Å². The molecule has 4 aromatic rings. The number of carbonyl (C=O) groups excluding carboxylic acids is 1. The number of para-hydroxylation sites is 1. The van der Waals surface area contributed by atoms with Gasteiger partial charge in [0.05, 0.1) is 34.8 Å². The zero-order valence-electron chi connectivity index (χ0n) is 21.7. The molecular formula is C28H24F3N7O3. The largest absolute Gasteiger partial charge is 0.417 e. The van der Waals surface area contributed by atoms with E-state index in [1.807, 2.05) is 49.4 Å². The van der Waals surface area contributed by atoms with Crippen LogP contribution in [0.25, 0.3) is 11.6 Å². The third kappa shape index (κ3) is 5.48. The van der Waals surface area contributed by atoms with Crippen LogP contribution in [-0.4, -0.2) is 51.7 Å². The van der Waals surface area contributed by atoms with Crippen LogP contribution < -0.4 is 16.0 Å². The molecule has 6 rings (SSSR count). The van der Waals surface area contributed by atoms with Crippen LogP contribution in [-0.2, 0) is 15.7 Å². The molecule has 13 heteroatoms. The molecule has 0 saturated carbocycles. The lowest BCUT2D eigenvalue weighted by molar-refractivity contribution is -0.137. The highest BCUT2D eigenvalue weighted by Crippen LogP contribution is 2.36. The molecule has 1 amide bonds. The summed E-state index contributed by atoms with van der Waals surface area (Å²) < 4.78 is 51.7. The molecule has 0 spiro atoms. The van der Waals surface area contributed by atoms with E-state index in [2.05, 4.69) is 36.1 Å². The van der Waals surface area contributed by atoms with Gasteiger partial charge in [0.1, 0.15) is 0 Å². The summed E-state index contributed by atoms with van der Waals surface area (Å²) >= 11 is 0. The Morgan fingerprint density at radius 2 is 1.85 bits per heavy atom. The highest BCUT2D eigenvalue weighted by molar-refractivity contribution is 6.19. The molecule has 2 aromatic heterocycles. The van der Waals surface area contributed by atoms with Crippen LogP contribution in [0.1, 0.15) is 30.0 Å². The summed E-state index contributed by atoms with van der Waals surface area (Å²) in [4.78, 5) is 21.8. The Bertz CT molecular complexity index is 1620. The SMILES string of the molecule is CC1(Nc2cc(C(F)(F)F)cnc2-c2nnc(NC3N=C(c4ccccc4)c4ccccc4NC3=O)o2)CCOC1. The van der Waals surface area contributed by atoms with Gasteiger partial charge in [0.15, 0.2) is 5.69 Å². The number of nitrogens with zero attached hydrogens (tertiary/aromatic N) is 4. The summed E-state index contributed by atoms with van der Waals surface area (Å²) in [6.07, 6.45) is -4.47. The summed E-state index contributed by atoms with van der Waals surface area (Å²) in [5.41, 5.74) is 1.23. The number of alkyl halides is 3. The first-order valence-corrected chi connectivity index (χ1v) is 12.8. The highest BCUT2D eigenvalue weighted by atomic mass is 19.4. The van der Waals surface area contributed by atoms with Gasteiger partial charge in [-0.25, -0.2) is 9.98 Å². The van der Waals surface area contributed by atoms with E-state index >= 15 is 0 Å². The Labute approximate surface area is 232 Å². The van der Waals surface area contributed by atoms with E-state index in [1.165, 1.54) is 0 Å². The van der Waals surface area contributed by atoms with E-state index in [4.69, 9.17) is 9.15 Å². The molecule has 1 saturated heterocycles. The molecule has 2 aromatic carbocycles. The molecule has 3 N–H and O–H groups in total. The number of aromatic nitrogens is 3. The minimum Gasteiger partial charge on any atom is -0.402 e. The molecule has 0 bridgehead atoms. The minimum atomic E-state index is -4.60. The van der Waals surface area contributed by atoms with E-state index in [0.29, 0.717) is 37.2 Å². The summed E-state index contributed by atoms with van der Waals surface area (Å²) in [5.74, 6) is -0.608. The van der Waals surface area contributed by atoms with Gasteiger partial charge in [0, 0.05) is 23.9 Å². The number of halogens is 3. The lowest BCUT2D eigenvalue weighted by atomic mass is 10.0. The molecular weight excluding hydrogens is 539 g/mol. The van der Waals surface area contributed by atoms with Crippen molar-refractivity contribution in [3.8, 4) is 11.6 Å². The van der Waals surface area contributed by atoms with Gasteiger partial charge in [-0.3, -0.25) is 4.79 Å². The molecule has 1 fully saturated rings. The predicted octanol–water partition coefficient (Wildman–Crippen LogP) is 4.97. The second-order valence-corrected chi connectivity index (χ2v) is 9.94. The number of hydrogen-bond donors (Lipinski definition) is 3. The zero-order chi connectivity index (χ0) is 28.6. The van der Waals surface area contributed by atoms with E-state index in [9.17, 15) is 18.0 Å². The second kappa shape index (κ2) is 10.3. The highest BCUT2D eigenvalue weighted by Gasteiger charge is 2.35. The molecule has 0 aliphatic carbocycles. The number of hydrogen-bond acceptors (Lipinski definition) is 9. The molecule has 2 unspecified atom stereocenters. The van der Waals surface area contributed by atoms with Crippen molar-refractivity contribution >= 4 is 29.0 Å². The van der Waals surface area contributed by atoms with Gasteiger partial charge >= 0.3 is 12.2 Å². The smallest absolute Gasteiger partial charge is 0.402 e. The topological polar surface area (TPSA) is 127 Å². The van der Waals surface area contributed by atoms with Crippen LogP contribution in [0.3, 0.4) is 0 Å². The third-order valence-corrected chi connectivity index (χ3v) is 6.75. The van der Waals surface area contributed by atoms with Gasteiger partial charge in [0.25, 0.3) is 11.8 Å². The minimum absolute atomic E-state index is 0.0258. The maximum atomic E-state index is 13.5. The fourth-order valence-corrected chi connectivity index (χ4v) is 4.65. The van der Waals surface area contributed by atoms with Crippen LogP contribution in [0.4, 0.5) is 30.6 Å². The predicted molar refractivity (Wildman–Crippen MR) is 145 cm³/mol. The number of benzene rings is 2. The van der Waals surface area contributed by atoms with Crippen molar-refractivity contribution in [2.75, 3.05) is 29.2 Å². The van der Waals surface area contributed by atoms with Crippen LogP contribution in [0.5, 0.6) is 0 Å². The molecule has 2 aliphatic heterocycles. The molecule has 4 heterocycles. The lowest BCUT2D eigenvalue weighted by Crippen LogP contribution is -2.35. The Morgan fingerprint density at radius 1 is 1.07 bits per heavy atom. The summed E-state index contributed by atoms with van der Waals surface area (Å²) in [5, 5.41) is 16.8. The lowest BCUT2D eigenvalue weighted by Gasteiger charge is -2.26. The number of carbonyl (C=O) groups is 1. The zero-order valence-corrected chi connectivity index (χ0v) is 21.7. The Hall–Kier alpha value is -4.78. The van der Waals surface area contributed by atoms with Gasteiger partial charge in [-0.15, -0.1) is 5.10 Å². The summed E-state index contributed by atoms with van der Waals surface area (Å²) in [6, 6.07) is 17.5. The first-order valence-electron chi connectivity index (χ1n) is 12.8. The number of nitrogens with one attached hydrogen (secondary N) is 3. The standard InChI is InChI=1S/C28H24F3N7O3/c1-27(11-12-40-15-27)36-20-13-17(28(29,30)31)14-32-22(20)25-37-38-26(41-25)35-23-24(39)33-19-10-6-5-9-18(19)21(34-23)16-7-3-2-4-8-16/h2-10,13-14,23,36H,11-12,15H2,1H3,(H,33,39)(H,35,38). The quantitative estimate of drug-likeness (QED) is 0.300. The summed E-state index contributed by atoms with van der Waals surface area (Å²) in [6.45, 7) is 2.62. The average Bonchev–Trinajstić information content (AvgIpc) is 3.57. The first-order chi connectivity index (χ1) is 19.7. The monoisotopic (exact) mass is 563 g/mol. The van der Waals surface area contributed by atoms with Crippen molar-refractivity contribution in [3.05, 3.63) is 83.6 Å². The Morgan fingerprint density at radius 3 is 2.61 bits per heavy atom. The second-order valence-electron chi connectivity index (χ2n) is 9.94. The maximum Gasteiger partial charge on any atom is 0.417 e. The van der Waals surface area contributed by atoms with Crippen molar-refractivity contribution in [3.63, 3.8) is 0 Å². The van der Waals surface area contributed by atoms with Crippen LogP contribution in [0, 0.1) is 0 Å². The Kier molecular flexibility index (Phi) is 6.66. The van der Waals surface area contributed by atoms with Crippen LogP contribution >= 0.6 is 0 Å². The van der Waals surface area contributed by atoms with Gasteiger partial charge in [0.2, 0.25) is 6.17 Å². The number of ether oxygens (including phenoxy) is 1. The third-order valence-electron chi connectivity index (χ3n) is 6.75. The van der Waals surface area contributed by atoms with Crippen molar-refractivity contribution in [1.29, 1.82) is 0 Å². The molecule has 0 radical (unpaired) electrons. The fourth-order valence-electron chi connectivity index (χ4n) is 4.65. The number of amides is 1. The molecule has 210 valence electrons. The maximum absolute atomic E-state index is 13.5. The van der Waals surface area contributed by atoms with Crippen molar-refractivity contribution in [2.24, 2.45) is 4.99 Å². The van der Waals surface area contributed by atoms with Crippen molar-refractivity contribution in [2.45, 2.75) is 31.2 Å². The van der Waals surface area contributed by atoms with Gasteiger partial charge in [-0.2, -0.15) is 13.2 Å². The summed E-state index contributed by atoms with van der Waals surface area (Å²) in [7, 11) is 0. The number of fused-ring (bicyclic) bond motifs is 1. The number of aliphatic imine (C=N–C) groups is 1. The van der Waals surface area contributed by atoms with Crippen molar-refractivity contribution in [1.82, 2.24) is 15.2 Å². The normalized spacial score (nSPS) is 20.5. The molecule has 41 heavy (non-hydrogen) atoms. The molecule has 10 nitrogen and oxygen atoms in total. The Balaban J connectivity index is 1.33. The van der Waals surface area contributed by atoms with Crippen molar-refractivity contribution < 1.29 is 27.1 Å².